The summed E-state index contributed by atoms with van der Waals surface area (Å²) in [7, 11) is 0. The van der Waals surface area contributed by atoms with Crippen LogP contribution in [0.15, 0.2) is 30.3 Å². The van der Waals surface area contributed by atoms with E-state index in [1.807, 2.05) is 30.3 Å². The molecule has 0 saturated carbocycles. The van der Waals surface area contributed by atoms with Crippen LogP contribution in [0.25, 0.3) is 0 Å². The van der Waals surface area contributed by atoms with Crippen molar-refractivity contribution in [3.8, 4) is 6.07 Å². The maximum Gasteiger partial charge on any atom is 0.131 e. The molecule has 0 spiro atoms. The minimum atomic E-state index is 0.179. The Bertz CT molecular complexity index is 367. The van der Waals surface area contributed by atoms with Gasteiger partial charge in [0.1, 0.15) is 5.78 Å². The summed E-state index contributed by atoms with van der Waals surface area (Å²) >= 11 is 0. The van der Waals surface area contributed by atoms with Crippen molar-refractivity contribution in [3.63, 3.8) is 0 Å². The topological polar surface area (TPSA) is 44.1 Å². The van der Waals surface area contributed by atoms with Gasteiger partial charge in [0.2, 0.25) is 0 Å². The summed E-state index contributed by atoms with van der Waals surface area (Å²) in [5, 5.41) is 8.60. The number of carbonyl (C=O) groups excluding carboxylic acids is 1. The molecule has 0 radical (unpaired) electrons. The largest absolute Gasteiger partial charge is 0.370 e. The molecule has 84 valence electrons. The van der Waals surface area contributed by atoms with Gasteiger partial charge in [-0.25, -0.2) is 0 Å². The zero-order chi connectivity index (χ0) is 11.8. The van der Waals surface area contributed by atoms with Crippen LogP contribution in [0.1, 0.15) is 19.8 Å². The first-order valence-electron chi connectivity index (χ1n) is 5.40. The van der Waals surface area contributed by atoms with E-state index < -0.39 is 0 Å². The number of nitrogens with zero attached hydrogens (tertiary/aromatic N) is 2. The van der Waals surface area contributed by atoms with Crippen molar-refractivity contribution >= 4 is 11.5 Å². The van der Waals surface area contributed by atoms with Crippen LogP contribution in [0.3, 0.4) is 0 Å². The molecule has 1 aromatic rings. The van der Waals surface area contributed by atoms with E-state index in [9.17, 15) is 4.79 Å². The van der Waals surface area contributed by atoms with Crippen molar-refractivity contribution < 1.29 is 4.79 Å². The molecular weight excluding hydrogens is 200 g/mol. The van der Waals surface area contributed by atoms with Crippen LogP contribution in [0.2, 0.25) is 0 Å². The molecular formula is C13H16N2O. The van der Waals surface area contributed by atoms with Crippen LogP contribution in [-0.2, 0) is 4.79 Å². The molecule has 0 N–H and O–H groups in total. The molecule has 0 atom stereocenters. The summed E-state index contributed by atoms with van der Waals surface area (Å²) in [5.41, 5.74) is 1.07. The van der Waals surface area contributed by atoms with Gasteiger partial charge in [0.05, 0.1) is 12.5 Å². The normalized spacial score (nSPS) is 9.50. The fraction of sp³-hybridized carbons (Fsp3) is 0.385. The molecule has 3 heteroatoms. The molecule has 3 nitrogen and oxygen atoms in total. The van der Waals surface area contributed by atoms with Gasteiger partial charge in [0, 0.05) is 25.2 Å². The molecule has 0 bridgehead atoms. The van der Waals surface area contributed by atoms with Crippen molar-refractivity contribution in [2.24, 2.45) is 0 Å². The van der Waals surface area contributed by atoms with Crippen LogP contribution < -0.4 is 4.90 Å². The molecule has 0 aliphatic heterocycles. The maximum absolute atomic E-state index is 11.0. The Kier molecular flexibility index (Phi) is 5.07. The van der Waals surface area contributed by atoms with E-state index >= 15 is 0 Å². The van der Waals surface area contributed by atoms with E-state index in [4.69, 9.17) is 5.26 Å². The highest BCUT2D eigenvalue weighted by Gasteiger charge is 2.06. The Morgan fingerprint density at radius 2 is 2.00 bits per heavy atom. The molecule has 1 aromatic carbocycles. The minimum Gasteiger partial charge on any atom is -0.370 e. The lowest BCUT2D eigenvalue weighted by atomic mass is 10.2. The van der Waals surface area contributed by atoms with Gasteiger partial charge in [-0.05, 0) is 19.1 Å². The zero-order valence-electron chi connectivity index (χ0n) is 9.52. The van der Waals surface area contributed by atoms with Gasteiger partial charge in [-0.2, -0.15) is 5.26 Å². The van der Waals surface area contributed by atoms with Crippen LogP contribution in [0, 0.1) is 11.3 Å². The average Bonchev–Trinajstić information content (AvgIpc) is 2.30. The fourth-order valence-electron chi connectivity index (χ4n) is 1.49. The van der Waals surface area contributed by atoms with Gasteiger partial charge in [-0.15, -0.1) is 0 Å². The predicted molar refractivity (Wildman–Crippen MR) is 64.2 cm³/mol. The molecule has 1 rings (SSSR count). The predicted octanol–water partition coefficient (Wildman–Crippen LogP) is 2.39. The highest BCUT2D eigenvalue weighted by Crippen LogP contribution is 2.13. The van der Waals surface area contributed by atoms with Crippen molar-refractivity contribution in [1.82, 2.24) is 0 Å². The van der Waals surface area contributed by atoms with Gasteiger partial charge in [0.25, 0.3) is 0 Å². The summed E-state index contributed by atoms with van der Waals surface area (Å²) in [6.07, 6.45) is 1.01. The summed E-state index contributed by atoms with van der Waals surface area (Å²) in [6, 6.07) is 12.0. The summed E-state index contributed by atoms with van der Waals surface area (Å²) in [4.78, 5) is 13.0. The Hall–Kier alpha value is -1.82. The summed E-state index contributed by atoms with van der Waals surface area (Å²) in [5.74, 6) is 0.179. The molecule has 0 unspecified atom stereocenters. The number of para-hydroxylation sites is 1. The molecule has 0 saturated heterocycles. The number of Topliss-reactive ketones (excluding diaryl/α,β-unsaturated/α-hetero) is 1. The van der Waals surface area contributed by atoms with Crippen molar-refractivity contribution in [2.75, 3.05) is 18.0 Å². The highest BCUT2D eigenvalue weighted by molar-refractivity contribution is 5.76. The number of rotatable bonds is 6. The zero-order valence-corrected chi connectivity index (χ0v) is 9.52. The highest BCUT2D eigenvalue weighted by atomic mass is 16.1. The van der Waals surface area contributed by atoms with E-state index in [2.05, 4.69) is 11.0 Å². The molecule has 16 heavy (non-hydrogen) atoms. The molecule has 0 aromatic heterocycles. The van der Waals surface area contributed by atoms with Crippen LogP contribution in [-0.4, -0.2) is 18.9 Å². The first-order chi connectivity index (χ1) is 7.74. The Morgan fingerprint density at radius 3 is 2.56 bits per heavy atom. The SMILES string of the molecule is CC(=O)CCN(CCC#N)c1ccccc1. The van der Waals surface area contributed by atoms with Gasteiger partial charge < -0.3 is 4.90 Å². The van der Waals surface area contributed by atoms with Crippen molar-refractivity contribution in [3.05, 3.63) is 30.3 Å². The van der Waals surface area contributed by atoms with Gasteiger partial charge in [-0.3, -0.25) is 4.79 Å². The number of hydrogen-bond acceptors (Lipinski definition) is 3. The molecule has 0 heterocycles. The Balaban J connectivity index is 2.64. The van der Waals surface area contributed by atoms with Gasteiger partial charge in [-0.1, -0.05) is 18.2 Å². The number of hydrogen-bond donors (Lipinski definition) is 0. The molecule has 0 fully saturated rings. The number of nitriles is 1. The second-order valence-electron chi connectivity index (χ2n) is 3.68. The molecule has 0 amide bonds. The standard InChI is InChI=1S/C13H16N2O/c1-12(16)8-11-15(10-5-9-14)13-6-3-2-4-7-13/h2-4,6-7H,5,8,10-11H2,1H3. The van der Waals surface area contributed by atoms with E-state index in [1.165, 1.54) is 0 Å². The second-order valence-corrected chi connectivity index (χ2v) is 3.68. The Labute approximate surface area is 96.3 Å². The van der Waals surface area contributed by atoms with Crippen LogP contribution in [0.4, 0.5) is 5.69 Å². The quantitative estimate of drug-likeness (QED) is 0.733. The minimum absolute atomic E-state index is 0.179. The number of ketones is 1. The summed E-state index contributed by atoms with van der Waals surface area (Å²) < 4.78 is 0. The number of anilines is 1. The monoisotopic (exact) mass is 216 g/mol. The van der Waals surface area contributed by atoms with Gasteiger partial charge in [0.15, 0.2) is 0 Å². The average molecular weight is 216 g/mol. The number of benzene rings is 1. The Morgan fingerprint density at radius 1 is 1.31 bits per heavy atom. The third-order valence-corrected chi connectivity index (χ3v) is 2.35. The van der Waals surface area contributed by atoms with Crippen molar-refractivity contribution in [2.45, 2.75) is 19.8 Å². The third kappa shape index (κ3) is 4.14. The smallest absolute Gasteiger partial charge is 0.131 e. The lowest BCUT2D eigenvalue weighted by molar-refractivity contribution is -0.116. The summed E-state index contributed by atoms with van der Waals surface area (Å²) in [6.45, 7) is 2.95. The maximum atomic E-state index is 11.0. The molecule has 0 aliphatic carbocycles. The third-order valence-electron chi connectivity index (χ3n) is 2.35. The van der Waals surface area contributed by atoms with Crippen molar-refractivity contribution in [1.29, 1.82) is 5.26 Å². The first-order valence-corrected chi connectivity index (χ1v) is 5.40. The van der Waals surface area contributed by atoms with Crippen LogP contribution >= 0.6 is 0 Å². The lowest BCUT2D eigenvalue weighted by Crippen LogP contribution is -2.26. The number of carbonyl (C=O) groups is 1. The van der Waals surface area contributed by atoms with E-state index in [1.54, 1.807) is 6.92 Å². The van der Waals surface area contributed by atoms with E-state index in [-0.39, 0.29) is 5.78 Å². The van der Waals surface area contributed by atoms with Crippen LogP contribution in [0.5, 0.6) is 0 Å². The van der Waals surface area contributed by atoms with E-state index in [0.29, 0.717) is 25.9 Å². The second kappa shape index (κ2) is 6.62. The molecule has 0 aliphatic rings. The van der Waals surface area contributed by atoms with Gasteiger partial charge >= 0.3 is 0 Å². The lowest BCUT2D eigenvalue weighted by Gasteiger charge is -2.23. The van der Waals surface area contributed by atoms with E-state index in [0.717, 1.165) is 5.69 Å². The fourth-order valence-corrected chi connectivity index (χ4v) is 1.49. The first kappa shape index (κ1) is 12.3.